The third-order valence-electron chi connectivity index (χ3n) is 5.07. The fourth-order valence-corrected chi connectivity index (χ4v) is 3.68. The first-order chi connectivity index (χ1) is 9.99. The van der Waals surface area contributed by atoms with Gasteiger partial charge in [0, 0.05) is 18.6 Å². The molecule has 122 valence electrons. The Kier molecular flexibility index (Phi) is 4.76. The normalized spacial score (nSPS) is 30.1. The SMILES string of the molecule is FC(F)(F)CN1CCC(NCC2CCN(C3CC3)C2)CC1. The van der Waals surface area contributed by atoms with Crippen molar-refractivity contribution >= 4 is 0 Å². The van der Waals surface area contributed by atoms with Crippen molar-refractivity contribution in [2.24, 2.45) is 5.92 Å². The molecular weight excluding hydrogens is 279 g/mol. The molecule has 6 heteroatoms. The minimum absolute atomic E-state index is 0.407. The standard InChI is InChI=1S/C15H26F3N3/c16-15(17,18)11-20-6-4-13(5-7-20)19-9-12-3-8-21(10-12)14-1-2-14/h12-14,19H,1-11H2. The summed E-state index contributed by atoms with van der Waals surface area (Å²) in [5, 5.41) is 3.59. The molecule has 0 radical (unpaired) electrons. The lowest BCUT2D eigenvalue weighted by molar-refractivity contribution is -0.148. The summed E-state index contributed by atoms with van der Waals surface area (Å²) in [5.74, 6) is 0.735. The van der Waals surface area contributed by atoms with E-state index in [0.717, 1.165) is 31.3 Å². The van der Waals surface area contributed by atoms with E-state index in [9.17, 15) is 13.2 Å². The molecule has 0 bridgehead atoms. The number of halogens is 3. The van der Waals surface area contributed by atoms with Crippen molar-refractivity contribution in [3.05, 3.63) is 0 Å². The molecule has 3 aliphatic rings. The van der Waals surface area contributed by atoms with Crippen molar-refractivity contribution in [1.29, 1.82) is 0 Å². The smallest absolute Gasteiger partial charge is 0.314 e. The molecule has 0 aromatic rings. The van der Waals surface area contributed by atoms with Crippen LogP contribution in [-0.4, -0.2) is 67.3 Å². The van der Waals surface area contributed by atoms with Gasteiger partial charge in [-0.15, -0.1) is 0 Å². The largest absolute Gasteiger partial charge is 0.401 e. The molecular formula is C15H26F3N3. The summed E-state index contributed by atoms with van der Waals surface area (Å²) in [6.07, 6.45) is 1.65. The molecule has 1 aliphatic carbocycles. The van der Waals surface area contributed by atoms with E-state index in [0.29, 0.717) is 19.1 Å². The highest BCUT2D eigenvalue weighted by molar-refractivity contribution is 4.90. The van der Waals surface area contributed by atoms with Gasteiger partial charge in [-0.05, 0) is 64.2 Å². The van der Waals surface area contributed by atoms with Crippen LogP contribution in [0.1, 0.15) is 32.1 Å². The second kappa shape index (κ2) is 6.42. The molecule has 0 amide bonds. The van der Waals surface area contributed by atoms with Gasteiger partial charge < -0.3 is 10.2 Å². The number of hydrogen-bond acceptors (Lipinski definition) is 3. The fraction of sp³-hybridized carbons (Fsp3) is 1.00. The van der Waals surface area contributed by atoms with Gasteiger partial charge >= 0.3 is 6.18 Å². The van der Waals surface area contributed by atoms with Crippen LogP contribution < -0.4 is 5.32 Å². The minimum Gasteiger partial charge on any atom is -0.314 e. The Morgan fingerprint density at radius 2 is 1.67 bits per heavy atom. The number of likely N-dealkylation sites (tertiary alicyclic amines) is 2. The number of piperidine rings is 1. The van der Waals surface area contributed by atoms with E-state index in [1.807, 2.05) is 0 Å². The summed E-state index contributed by atoms with van der Waals surface area (Å²) in [7, 11) is 0. The van der Waals surface area contributed by atoms with Crippen molar-refractivity contribution in [3.8, 4) is 0 Å². The molecule has 2 saturated heterocycles. The van der Waals surface area contributed by atoms with Gasteiger partial charge in [0.2, 0.25) is 0 Å². The Hall–Kier alpha value is -0.330. The van der Waals surface area contributed by atoms with Gasteiger partial charge in [0.25, 0.3) is 0 Å². The molecule has 2 heterocycles. The van der Waals surface area contributed by atoms with Gasteiger partial charge in [0.15, 0.2) is 0 Å². The van der Waals surface area contributed by atoms with Crippen molar-refractivity contribution < 1.29 is 13.2 Å². The van der Waals surface area contributed by atoms with Crippen LogP contribution in [0.25, 0.3) is 0 Å². The maximum Gasteiger partial charge on any atom is 0.401 e. The van der Waals surface area contributed by atoms with E-state index < -0.39 is 12.7 Å². The zero-order chi connectivity index (χ0) is 14.9. The van der Waals surface area contributed by atoms with Crippen LogP contribution in [0, 0.1) is 5.92 Å². The molecule has 1 saturated carbocycles. The first-order valence-electron chi connectivity index (χ1n) is 8.26. The number of hydrogen-bond donors (Lipinski definition) is 1. The molecule has 1 atom stereocenters. The number of nitrogens with zero attached hydrogens (tertiary/aromatic N) is 2. The minimum atomic E-state index is -4.06. The summed E-state index contributed by atoms with van der Waals surface area (Å²) in [4.78, 5) is 4.14. The van der Waals surface area contributed by atoms with Gasteiger partial charge in [0.1, 0.15) is 0 Å². The van der Waals surface area contributed by atoms with Gasteiger partial charge in [-0.2, -0.15) is 13.2 Å². The Bertz CT molecular complexity index is 336. The third-order valence-corrected chi connectivity index (χ3v) is 5.07. The second-order valence-corrected chi connectivity index (χ2v) is 6.95. The van der Waals surface area contributed by atoms with E-state index in [1.54, 1.807) is 0 Å². The fourth-order valence-electron chi connectivity index (χ4n) is 3.68. The molecule has 1 unspecified atom stereocenters. The highest BCUT2D eigenvalue weighted by Gasteiger charge is 2.35. The van der Waals surface area contributed by atoms with Crippen molar-refractivity contribution in [2.75, 3.05) is 39.3 Å². The summed E-state index contributed by atoms with van der Waals surface area (Å²) >= 11 is 0. The summed E-state index contributed by atoms with van der Waals surface area (Å²) < 4.78 is 37.0. The van der Waals surface area contributed by atoms with Crippen LogP contribution in [0.4, 0.5) is 13.2 Å². The topological polar surface area (TPSA) is 18.5 Å². The van der Waals surface area contributed by atoms with Crippen molar-refractivity contribution in [2.45, 2.75) is 50.4 Å². The van der Waals surface area contributed by atoms with E-state index in [2.05, 4.69) is 10.2 Å². The number of rotatable bonds is 5. The number of alkyl halides is 3. The van der Waals surface area contributed by atoms with Crippen LogP contribution in [0.3, 0.4) is 0 Å². The summed E-state index contributed by atoms with van der Waals surface area (Å²) in [6.45, 7) is 3.86. The highest BCUT2D eigenvalue weighted by Crippen LogP contribution is 2.31. The van der Waals surface area contributed by atoms with Gasteiger partial charge in [0.05, 0.1) is 6.54 Å². The van der Waals surface area contributed by atoms with Crippen LogP contribution in [0.15, 0.2) is 0 Å². The van der Waals surface area contributed by atoms with Gasteiger partial charge in [-0.3, -0.25) is 4.90 Å². The second-order valence-electron chi connectivity index (χ2n) is 6.95. The molecule has 0 spiro atoms. The van der Waals surface area contributed by atoms with Crippen LogP contribution in [0.5, 0.6) is 0 Å². The first-order valence-corrected chi connectivity index (χ1v) is 8.26. The Morgan fingerprint density at radius 1 is 0.952 bits per heavy atom. The molecule has 21 heavy (non-hydrogen) atoms. The third kappa shape index (κ3) is 4.83. The number of nitrogens with one attached hydrogen (secondary N) is 1. The molecule has 3 nitrogen and oxygen atoms in total. The predicted molar refractivity (Wildman–Crippen MR) is 76.2 cm³/mol. The van der Waals surface area contributed by atoms with E-state index >= 15 is 0 Å². The van der Waals surface area contributed by atoms with Crippen LogP contribution >= 0.6 is 0 Å². The average molecular weight is 305 g/mol. The van der Waals surface area contributed by atoms with E-state index in [-0.39, 0.29) is 0 Å². The Labute approximate surface area is 124 Å². The van der Waals surface area contributed by atoms with Crippen molar-refractivity contribution in [1.82, 2.24) is 15.1 Å². The van der Waals surface area contributed by atoms with Crippen LogP contribution in [0.2, 0.25) is 0 Å². The van der Waals surface area contributed by atoms with Crippen LogP contribution in [-0.2, 0) is 0 Å². The summed E-state index contributed by atoms with van der Waals surface area (Å²) in [5.41, 5.74) is 0. The molecule has 0 aromatic heterocycles. The van der Waals surface area contributed by atoms with E-state index in [1.165, 1.54) is 37.3 Å². The maximum atomic E-state index is 12.3. The van der Waals surface area contributed by atoms with E-state index in [4.69, 9.17) is 0 Å². The maximum absolute atomic E-state index is 12.3. The lowest BCUT2D eigenvalue weighted by Crippen LogP contribution is -2.46. The quantitative estimate of drug-likeness (QED) is 0.839. The molecule has 0 aromatic carbocycles. The predicted octanol–water partition coefficient (Wildman–Crippen LogP) is 2.09. The lowest BCUT2D eigenvalue weighted by atomic mass is 10.0. The highest BCUT2D eigenvalue weighted by atomic mass is 19.4. The molecule has 1 N–H and O–H groups in total. The van der Waals surface area contributed by atoms with Crippen molar-refractivity contribution in [3.63, 3.8) is 0 Å². The monoisotopic (exact) mass is 305 g/mol. The molecule has 2 aliphatic heterocycles. The molecule has 3 rings (SSSR count). The average Bonchev–Trinajstić information content (AvgIpc) is 3.16. The first kappa shape index (κ1) is 15.6. The Balaban J connectivity index is 1.31. The van der Waals surface area contributed by atoms with Gasteiger partial charge in [-0.1, -0.05) is 0 Å². The summed E-state index contributed by atoms with van der Waals surface area (Å²) in [6, 6.07) is 1.27. The zero-order valence-corrected chi connectivity index (χ0v) is 12.5. The lowest BCUT2D eigenvalue weighted by Gasteiger charge is -2.33. The zero-order valence-electron chi connectivity index (χ0n) is 12.5. The van der Waals surface area contributed by atoms with Gasteiger partial charge in [-0.25, -0.2) is 0 Å². The molecule has 3 fully saturated rings. The Morgan fingerprint density at radius 3 is 2.29 bits per heavy atom.